The summed E-state index contributed by atoms with van der Waals surface area (Å²) in [4.78, 5) is 0. The lowest BCUT2D eigenvalue weighted by molar-refractivity contribution is 0.607. The summed E-state index contributed by atoms with van der Waals surface area (Å²) in [7, 11) is 0. The zero-order chi connectivity index (χ0) is 10.6. The lowest BCUT2D eigenvalue weighted by Gasteiger charge is -2.02. The van der Waals surface area contributed by atoms with Crippen molar-refractivity contribution in [2.45, 2.75) is 33.2 Å². The Kier molecular flexibility index (Phi) is 3.73. The average Bonchev–Trinajstić information content (AvgIpc) is 2.43. The Labute approximate surface area is 85.3 Å². The van der Waals surface area contributed by atoms with Gasteiger partial charge in [0, 0.05) is 12.1 Å². The van der Waals surface area contributed by atoms with Crippen LogP contribution in [0.4, 0.5) is 0 Å². The van der Waals surface area contributed by atoms with Crippen LogP contribution in [0.1, 0.15) is 23.4 Å². The Balaban J connectivity index is 2.87. The molecule has 76 valence electrons. The molecule has 14 heavy (non-hydrogen) atoms. The number of terminal acetylenes is 1. The summed E-state index contributed by atoms with van der Waals surface area (Å²) in [6.45, 7) is 5.56. The van der Waals surface area contributed by atoms with Crippen molar-refractivity contribution in [1.82, 2.24) is 9.78 Å². The van der Waals surface area contributed by atoms with E-state index in [1.807, 2.05) is 11.6 Å². The number of aromatic nitrogens is 2. The van der Waals surface area contributed by atoms with Gasteiger partial charge in [0.2, 0.25) is 0 Å². The number of nitrogens with zero attached hydrogens (tertiary/aromatic N) is 2. The summed E-state index contributed by atoms with van der Waals surface area (Å²) >= 11 is 0. The van der Waals surface area contributed by atoms with Gasteiger partial charge in [-0.3, -0.25) is 4.68 Å². The predicted molar refractivity (Wildman–Crippen MR) is 57.9 cm³/mol. The van der Waals surface area contributed by atoms with Gasteiger partial charge in [0.1, 0.15) is 0 Å². The SMILES string of the molecule is C#CCCn1nc(C)c(CCN)c1C. The summed E-state index contributed by atoms with van der Waals surface area (Å²) in [5, 5.41) is 4.43. The maximum atomic E-state index is 5.54. The molecule has 2 N–H and O–H groups in total. The topological polar surface area (TPSA) is 43.8 Å². The summed E-state index contributed by atoms with van der Waals surface area (Å²) in [5.41, 5.74) is 9.08. The van der Waals surface area contributed by atoms with Crippen molar-refractivity contribution in [3.63, 3.8) is 0 Å². The van der Waals surface area contributed by atoms with E-state index in [1.54, 1.807) is 0 Å². The average molecular weight is 191 g/mol. The minimum atomic E-state index is 0.669. The molecule has 1 heterocycles. The second-order valence-corrected chi connectivity index (χ2v) is 3.37. The number of nitrogens with two attached hydrogens (primary N) is 1. The molecular formula is C11H17N3. The monoisotopic (exact) mass is 191 g/mol. The van der Waals surface area contributed by atoms with E-state index in [4.69, 9.17) is 12.2 Å². The predicted octanol–water partition coefficient (Wildman–Crippen LogP) is 1.02. The third-order valence-electron chi connectivity index (χ3n) is 2.39. The van der Waals surface area contributed by atoms with Crippen molar-refractivity contribution >= 4 is 0 Å². The van der Waals surface area contributed by atoms with E-state index in [-0.39, 0.29) is 0 Å². The molecular weight excluding hydrogens is 174 g/mol. The minimum Gasteiger partial charge on any atom is -0.330 e. The Morgan fingerprint density at radius 1 is 1.50 bits per heavy atom. The minimum absolute atomic E-state index is 0.669. The van der Waals surface area contributed by atoms with Crippen molar-refractivity contribution in [2.75, 3.05) is 6.54 Å². The van der Waals surface area contributed by atoms with Gasteiger partial charge in [0.15, 0.2) is 0 Å². The molecule has 0 fully saturated rings. The molecule has 1 rings (SSSR count). The third-order valence-corrected chi connectivity index (χ3v) is 2.39. The number of rotatable bonds is 4. The molecule has 3 nitrogen and oxygen atoms in total. The van der Waals surface area contributed by atoms with Crippen molar-refractivity contribution < 1.29 is 0 Å². The van der Waals surface area contributed by atoms with E-state index in [0.717, 1.165) is 25.1 Å². The molecule has 0 aromatic carbocycles. The largest absolute Gasteiger partial charge is 0.330 e. The molecule has 0 aliphatic heterocycles. The van der Waals surface area contributed by atoms with Gasteiger partial charge in [-0.25, -0.2) is 0 Å². The van der Waals surface area contributed by atoms with Gasteiger partial charge in [0.05, 0.1) is 12.2 Å². The van der Waals surface area contributed by atoms with Gasteiger partial charge in [0.25, 0.3) is 0 Å². The first kappa shape index (κ1) is 10.8. The Hall–Kier alpha value is -1.27. The fourth-order valence-electron chi connectivity index (χ4n) is 1.63. The van der Waals surface area contributed by atoms with E-state index in [2.05, 4.69) is 17.9 Å². The molecule has 0 unspecified atom stereocenters. The van der Waals surface area contributed by atoms with Crippen LogP contribution in [0.15, 0.2) is 0 Å². The number of hydrogen-bond donors (Lipinski definition) is 1. The van der Waals surface area contributed by atoms with Crippen LogP contribution >= 0.6 is 0 Å². The normalized spacial score (nSPS) is 10.1. The van der Waals surface area contributed by atoms with Crippen molar-refractivity contribution in [2.24, 2.45) is 5.73 Å². The zero-order valence-corrected chi connectivity index (χ0v) is 8.88. The highest BCUT2D eigenvalue weighted by Crippen LogP contribution is 2.13. The van der Waals surface area contributed by atoms with Gasteiger partial charge in [-0.2, -0.15) is 5.10 Å². The van der Waals surface area contributed by atoms with Gasteiger partial charge in [-0.15, -0.1) is 12.3 Å². The van der Waals surface area contributed by atoms with E-state index in [9.17, 15) is 0 Å². The summed E-state index contributed by atoms with van der Waals surface area (Å²) in [6, 6.07) is 0. The van der Waals surface area contributed by atoms with Crippen LogP contribution in [0.5, 0.6) is 0 Å². The smallest absolute Gasteiger partial charge is 0.0628 e. The number of hydrogen-bond acceptors (Lipinski definition) is 2. The molecule has 0 bridgehead atoms. The van der Waals surface area contributed by atoms with E-state index < -0.39 is 0 Å². The molecule has 1 aromatic rings. The molecule has 0 aliphatic rings. The molecule has 0 radical (unpaired) electrons. The van der Waals surface area contributed by atoms with Crippen LogP contribution in [0.2, 0.25) is 0 Å². The van der Waals surface area contributed by atoms with Crippen LogP contribution < -0.4 is 5.73 Å². The fourth-order valence-corrected chi connectivity index (χ4v) is 1.63. The summed E-state index contributed by atoms with van der Waals surface area (Å²) < 4.78 is 1.97. The molecule has 0 aliphatic carbocycles. The quantitative estimate of drug-likeness (QED) is 0.722. The number of aryl methyl sites for hydroxylation is 2. The Bertz CT molecular complexity index is 344. The molecule has 0 atom stereocenters. The first-order chi connectivity index (χ1) is 6.70. The maximum absolute atomic E-state index is 5.54. The van der Waals surface area contributed by atoms with Gasteiger partial charge in [-0.1, -0.05) is 0 Å². The van der Waals surface area contributed by atoms with Crippen LogP contribution in [0.3, 0.4) is 0 Å². The maximum Gasteiger partial charge on any atom is 0.0628 e. The van der Waals surface area contributed by atoms with E-state index in [1.165, 1.54) is 11.3 Å². The molecule has 0 saturated carbocycles. The standard InChI is InChI=1S/C11H17N3/c1-4-5-8-14-10(3)11(6-7-12)9(2)13-14/h1H,5-8,12H2,2-3H3. The first-order valence-electron chi connectivity index (χ1n) is 4.87. The van der Waals surface area contributed by atoms with Gasteiger partial charge in [-0.05, 0) is 32.4 Å². The van der Waals surface area contributed by atoms with Crippen LogP contribution in [-0.2, 0) is 13.0 Å². The van der Waals surface area contributed by atoms with Crippen molar-refractivity contribution in [1.29, 1.82) is 0 Å². The summed E-state index contributed by atoms with van der Waals surface area (Å²) in [6.07, 6.45) is 6.84. The highest BCUT2D eigenvalue weighted by molar-refractivity contribution is 5.24. The van der Waals surface area contributed by atoms with Crippen LogP contribution in [0, 0.1) is 26.2 Å². The molecule has 0 amide bonds. The highest BCUT2D eigenvalue weighted by Gasteiger charge is 2.09. The summed E-state index contributed by atoms with van der Waals surface area (Å²) in [5.74, 6) is 2.62. The first-order valence-corrected chi connectivity index (χ1v) is 4.87. The van der Waals surface area contributed by atoms with E-state index in [0.29, 0.717) is 6.54 Å². The highest BCUT2D eigenvalue weighted by atomic mass is 15.3. The zero-order valence-electron chi connectivity index (χ0n) is 8.88. The molecule has 0 spiro atoms. The van der Waals surface area contributed by atoms with Crippen LogP contribution in [-0.4, -0.2) is 16.3 Å². The lowest BCUT2D eigenvalue weighted by Crippen LogP contribution is -2.05. The van der Waals surface area contributed by atoms with E-state index >= 15 is 0 Å². The van der Waals surface area contributed by atoms with Gasteiger partial charge >= 0.3 is 0 Å². The molecule has 3 heteroatoms. The lowest BCUT2D eigenvalue weighted by atomic mass is 10.1. The van der Waals surface area contributed by atoms with Crippen molar-refractivity contribution in [3.8, 4) is 12.3 Å². The third kappa shape index (κ3) is 2.15. The van der Waals surface area contributed by atoms with Gasteiger partial charge < -0.3 is 5.73 Å². The second kappa shape index (κ2) is 4.83. The van der Waals surface area contributed by atoms with Crippen molar-refractivity contribution in [3.05, 3.63) is 17.0 Å². The Morgan fingerprint density at radius 2 is 2.21 bits per heavy atom. The second-order valence-electron chi connectivity index (χ2n) is 3.37. The van der Waals surface area contributed by atoms with Crippen LogP contribution in [0.25, 0.3) is 0 Å². The molecule has 0 saturated heterocycles. The fraction of sp³-hybridized carbons (Fsp3) is 0.545. The Morgan fingerprint density at radius 3 is 2.79 bits per heavy atom. The molecule has 1 aromatic heterocycles.